The third-order valence-electron chi connectivity index (χ3n) is 4.32. The van der Waals surface area contributed by atoms with Crippen LogP contribution in [0.1, 0.15) is 16.7 Å². The fourth-order valence-electron chi connectivity index (χ4n) is 3.42. The molecule has 0 spiro atoms. The second kappa shape index (κ2) is 4.32. The second-order valence-electron chi connectivity index (χ2n) is 5.39. The lowest BCUT2D eigenvalue weighted by atomic mass is 9.81. The summed E-state index contributed by atoms with van der Waals surface area (Å²) >= 11 is 0. The highest BCUT2D eigenvalue weighted by molar-refractivity contribution is 5.85. The largest absolute Gasteiger partial charge is 0.504 e. The number of rotatable bonds is 2. The molecule has 1 aliphatic heterocycles. The molecule has 2 aromatic carbocycles. The minimum atomic E-state index is 0.190. The number of ether oxygens (including phenoxy) is 3. The van der Waals surface area contributed by atoms with Crippen molar-refractivity contribution in [2.24, 2.45) is 0 Å². The Morgan fingerprint density at radius 3 is 2.48 bits per heavy atom. The van der Waals surface area contributed by atoms with E-state index in [-0.39, 0.29) is 5.75 Å². The first-order chi connectivity index (χ1) is 10.2. The van der Waals surface area contributed by atoms with Crippen LogP contribution in [0.5, 0.6) is 23.0 Å². The summed E-state index contributed by atoms with van der Waals surface area (Å²) in [5, 5.41) is 10.1. The average Bonchev–Trinajstić information content (AvgIpc) is 2.51. The van der Waals surface area contributed by atoms with Crippen molar-refractivity contribution >= 4 is 0 Å². The van der Waals surface area contributed by atoms with Crippen LogP contribution in [-0.4, -0.2) is 19.3 Å². The molecule has 0 bridgehead atoms. The zero-order chi connectivity index (χ0) is 14.6. The lowest BCUT2D eigenvalue weighted by Gasteiger charge is -2.31. The van der Waals surface area contributed by atoms with Gasteiger partial charge in [-0.15, -0.1) is 0 Å². The molecule has 1 heterocycles. The fraction of sp³-hybridized carbons (Fsp3) is 0.294. The molecule has 4 nitrogen and oxygen atoms in total. The van der Waals surface area contributed by atoms with E-state index in [4.69, 9.17) is 14.2 Å². The van der Waals surface area contributed by atoms with Crippen LogP contribution in [0.2, 0.25) is 0 Å². The molecular formula is C17H16O4. The zero-order valence-electron chi connectivity index (χ0n) is 12.0. The van der Waals surface area contributed by atoms with Crippen LogP contribution < -0.4 is 14.2 Å². The van der Waals surface area contributed by atoms with Crippen molar-refractivity contribution in [3.05, 3.63) is 34.9 Å². The zero-order valence-corrected chi connectivity index (χ0v) is 12.0. The van der Waals surface area contributed by atoms with Crippen molar-refractivity contribution in [2.75, 3.05) is 14.2 Å². The summed E-state index contributed by atoms with van der Waals surface area (Å²) in [4.78, 5) is 0. The number of aromatic hydroxyl groups is 1. The molecular weight excluding hydrogens is 268 g/mol. The molecule has 1 N–H and O–H groups in total. The molecule has 4 rings (SSSR count). The van der Waals surface area contributed by atoms with E-state index in [9.17, 15) is 5.11 Å². The SMILES string of the molecule is COc1cc2c3c(c1)OCc1c(OC)c(O)cc(c1-3)CC2. The Morgan fingerprint density at radius 2 is 1.76 bits per heavy atom. The van der Waals surface area contributed by atoms with Gasteiger partial charge < -0.3 is 19.3 Å². The van der Waals surface area contributed by atoms with E-state index in [1.54, 1.807) is 14.2 Å². The predicted octanol–water partition coefficient (Wildman–Crippen LogP) is 3.07. The van der Waals surface area contributed by atoms with Crippen LogP contribution in [0.15, 0.2) is 18.2 Å². The standard InChI is InChI=1S/C17H16O4/c1-19-11-5-9-3-4-10-6-13(18)17(20-2)12-8-21-14(7-11)16(9)15(10)12/h5-7,18H,3-4,8H2,1-2H3. The highest BCUT2D eigenvalue weighted by Gasteiger charge is 2.31. The first kappa shape index (κ1) is 12.4. The first-order valence-corrected chi connectivity index (χ1v) is 6.98. The minimum Gasteiger partial charge on any atom is -0.504 e. The summed E-state index contributed by atoms with van der Waals surface area (Å²) in [5.74, 6) is 2.38. The molecule has 2 aromatic rings. The van der Waals surface area contributed by atoms with Crippen molar-refractivity contribution in [3.8, 4) is 34.1 Å². The van der Waals surface area contributed by atoms with Crippen molar-refractivity contribution in [2.45, 2.75) is 19.4 Å². The lowest BCUT2D eigenvalue weighted by molar-refractivity contribution is 0.285. The molecule has 4 heteroatoms. The first-order valence-electron chi connectivity index (χ1n) is 6.98. The Kier molecular flexibility index (Phi) is 2.55. The molecule has 0 radical (unpaired) electrons. The number of benzene rings is 2. The molecule has 0 atom stereocenters. The van der Waals surface area contributed by atoms with Crippen LogP contribution in [0.4, 0.5) is 0 Å². The summed E-state index contributed by atoms with van der Waals surface area (Å²) < 4.78 is 16.6. The molecule has 2 aliphatic rings. The van der Waals surface area contributed by atoms with Crippen molar-refractivity contribution in [1.29, 1.82) is 0 Å². The van der Waals surface area contributed by atoms with Gasteiger partial charge in [0.1, 0.15) is 18.1 Å². The van der Waals surface area contributed by atoms with E-state index in [2.05, 4.69) is 6.07 Å². The minimum absolute atomic E-state index is 0.190. The summed E-state index contributed by atoms with van der Waals surface area (Å²) in [7, 11) is 3.24. The van der Waals surface area contributed by atoms with Crippen LogP contribution in [0, 0.1) is 0 Å². The number of aryl methyl sites for hydroxylation is 2. The quantitative estimate of drug-likeness (QED) is 0.920. The molecule has 0 amide bonds. The van der Waals surface area contributed by atoms with Gasteiger partial charge in [-0.3, -0.25) is 0 Å². The molecule has 0 aromatic heterocycles. The Hall–Kier alpha value is -2.36. The lowest BCUT2D eigenvalue weighted by Crippen LogP contribution is -2.15. The third kappa shape index (κ3) is 1.62. The maximum Gasteiger partial charge on any atom is 0.167 e. The third-order valence-corrected chi connectivity index (χ3v) is 4.32. The molecule has 0 fully saturated rings. The molecule has 0 saturated heterocycles. The Morgan fingerprint density at radius 1 is 1.00 bits per heavy atom. The van der Waals surface area contributed by atoms with Gasteiger partial charge >= 0.3 is 0 Å². The number of hydrogen-bond donors (Lipinski definition) is 1. The molecule has 0 unspecified atom stereocenters. The van der Waals surface area contributed by atoms with Gasteiger partial charge in [-0.2, -0.15) is 0 Å². The second-order valence-corrected chi connectivity index (χ2v) is 5.39. The normalized spacial score (nSPS) is 14.2. The number of methoxy groups -OCH3 is 2. The highest BCUT2D eigenvalue weighted by Crippen LogP contribution is 2.51. The van der Waals surface area contributed by atoms with E-state index >= 15 is 0 Å². The van der Waals surface area contributed by atoms with Crippen LogP contribution in [0.3, 0.4) is 0 Å². The Bertz CT molecular complexity index is 732. The van der Waals surface area contributed by atoms with Gasteiger partial charge in [-0.25, -0.2) is 0 Å². The van der Waals surface area contributed by atoms with Crippen LogP contribution in [-0.2, 0) is 19.4 Å². The number of phenolic OH excluding ortho intramolecular Hbond substituents is 1. The smallest absolute Gasteiger partial charge is 0.167 e. The van der Waals surface area contributed by atoms with Gasteiger partial charge in [0.05, 0.1) is 14.2 Å². The summed E-state index contributed by atoms with van der Waals surface area (Å²) in [6.07, 6.45) is 1.82. The van der Waals surface area contributed by atoms with Crippen LogP contribution in [0.25, 0.3) is 11.1 Å². The van der Waals surface area contributed by atoms with E-state index in [1.807, 2.05) is 12.1 Å². The average molecular weight is 284 g/mol. The van der Waals surface area contributed by atoms with E-state index in [0.717, 1.165) is 46.6 Å². The Labute approximate surface area is 122 Å². The number of hydrogen-bond acceptors (Lipinski definition) is 4. The summed E-state index contributed by atoms with van der Waals surface area (Å²) in [5.41, 5.74) is 5.61. The van der Waals surface area contributed by atoms with Gasteiger partial charge in [-0.1, -0.05) is 0 Å². The number of phenols is 1. The van der Waals surface area contributed by atoms with E-state index in [1.165, 1.54) is 5.56 Å². The van der Waals surface area contributed by atoms with Crippen LogP contribution >= 0.6 is 0 Å². The van der Waals surface area contributed by atoms with Crippen molar-refractivity contribution in [1.82, 2.24) is 0 Å². The Balaban J connectivity index is 2.05. The van der Waals surface area contributed by atoms with Gasteiger partial charge in [0.2, 0.25) is 0 Å². The summed E-state index contributed by atoms with van der Waals surface area (Å²) in [6, 6.07) is 5.82. The molecule has 0 saturated carbocycles. The van der Waals surface area contributed by atoms with E-state index < -0.39 is 0 Å². The van der Waals surface area contributed by atoms with Crippen molar-refractivity contribution in [3.63, 3.8) is 0 Å². The highest BCUT2D eigenvalue weighted by atomic mass is 16.5. The maximum atomic E-state index is 10.1. The molecule has 21 heavy (non-hydrogen) atoms. The predicted molar refractivity (Wildman–Crippen MR) is 78.4 cm³/mol. The van der Waals surface area contributed by atoms with Gasteiger partial charge in [0.15, 0.2) is 11.5 Å². The summed E-state index contributed by atoms with van der Waals surface area (Å²) in [6.45, 7) is 0.402. The molecule has 108 valence electrons. The topological polar surface area (TPSA) is 47.9 Å². The maximum absolute atomic E-state index is 10.1. The van der Waals surface area contributed by atoms with Crippen molar-refractivity contribution < 1.29 is 19.3 Å². The monoisotopic (exact) mass is 284 g/mol. The van der Waals surface area contributed by atoms with Gasteiger partial charge in [-0.05, 0) is 41.7 Å². The van der Waals surface area contributed by atoms with E-state index in [0.29, 0.717) is 12.4 Å². The van der Waals surface area contributed by atoms with Gasteiger partial charge in [0.25, 0.3) is 0 Å². The molecule has 1 aliphatic carbocycles. The fourth-order valence-corrected chi connectivity index (χ4v) is 3.42. The van der Waals surface area contributed by atoms with Gasteiger partial charge in [0, 0.05) is 17.2 Å².